The molecule has 0 bridgehead atoms. The summed E-state index contributed by atoms with van der Waals surface area (Å²) in [5, 5.41) is 5.63. The van der Waals surface area contributed by atoms with Gasteiger partial charge in [-0.15, -0.1) is 0 Å². The molecule has 0 aliphatic heterocycles. The SMILES string of the molecule is [CH]1[CH][CH][C](P(c2ccccc2)c2ccccc2)[CH]1.[CH]1[CH][CH][C](P(c2ccccc2)c2ccccc2)[CH]1.[Cl][Pd][Cl].[Ru+2]. The molecule has 10 radical (unpaired) electrons. The molecule has 0 spiro atoms. The van der Waals surface area contributed by atoms with Crippen LogP contribution in [0.5, 0.6) is 0 Å². The van der Waals surface area contributed by atoms with E-state index >= 15 is 0 Å². The first-order valence-corrected chi connectivity index (χ1v) is 19.1. The van der Waals surface area contributed by atoms with Gasteiger partial charge in [0.1, 0.15) is 0 Å². The first-order chi connectivity index (χ1) is 19.3. The van der Waals surface area contributed by atoms with Crippen LogP contribution in [0.4, 0.5) is 0 Å². The van der Waals surface area contributed by atoms with Crippen molar-refractivity contribution in [2.24, 2.45) is 0 Å². The fourth-order valence-electron chi connectivity index (χ4n) is 4.23. The molecule has 6 rings (SSSR count). The van der Waals surface area contributed by atoms with E-state index < -0.39 is 15.8 Å². The fraction of sp³-hybridized carbons (Fsp3) is 0. The zero-order chi connectivity index (χ0) is 27.1. The Morgan fingerprint density at radius 1 is 0.375 bits per heavy atom. The first kappa shape index (κ1) is 34.1. The number of hydrogen-bond acceptors (Lipinski definition) is 0. The summed E-state index contributed by atoms with van der Waals surface area (Å²) in [5.41, 5.74) is 2.84. The quantitative estimate of drug-likeness (QED) is 0.137. The number of halogens is 2. The molecule has 40 heavy (non-hydrogen) atoms. The second-order valence-electron chi connectivity index (χ2n) is 8.34. The van der Waals surface area contributed by atoms with E-state index in [1.54, 1.807) is 0 Å². The Bertz CT molecular complexity index is 1000. The first-order valence-electron chi connectivity index (χ1n) is 12.4. The molecule has 0 unspecified atom stereocenters. The van der Waals surface area contributed by atoms with Gasteiger partial charge in [-0.3, -0.25) is 0 Å². The molecule has 4 aromatic rings. The van der Waals surface area contributed by atoms with E-state index in [1.807, 2.05) is 0 Å². The largest absolute Gasteiger partial charge is 2.00 e. The van der Waals surface area contributed by atoms with Gasteiger partial charge in [-0.05, 0) is 88.4 Å². The van der Waals surface area contributed by atoms with Crippen molar-refractivity contribution in [2.75, 3.05) is 0 Å². The zero-order valence-corrected chi connectivity index (χ0v) is 28.1. The summed E-state index contributed by atoms with van der Waals surface area (Å²) < 4.78 is 0. The molecule has 0 aromatic heterocycles. The third-order valence-electron chi connectivity index (χ3n) is 5.86. The van der Waals surface area contributed by atoms with E-state index in [0.717, 1.165) is 0 Å². The standard InChI is InChI=1S/2C17H14P.2ClH.Pd.Ru/c2*1-3-9-15(10-4-1)18(17-13-7-8-14-17)16-11-5-2-6-12-16;;;;/h2*1-14H;2*1H;;/q;;;;2*+2/p-2. The van der Waals surface area contributed by atoms with Crippen molar-refractivity contribution < 1.29 is 35.4 Å². The number of rotatable bonds is 6. The Kier molecular flexibility index (Phi) is 16.8. The molecule has 0 heterocycles. The molecule has 0 nitrogen and oxygen atoms in total. The van der Waals surface area contributed by atoms with Crippen LogP contribution in [-0.4, -0.2) is 0 Å². The van der Waals surface area contributed by atoms with Crippen molar-refractivity contribution >= 4 is 56.1 Å². The second kappa shape index (κ2) is 19.7. The van der Waals surface area contributed by atoms with Gasteiger partial charge < -0.3 is 0 Å². The van der Waals surface area contributed by atoms with Gasteiger partial charge >= 0.3 is 54.5 Å². The minimum absolute atomic E-state index is 0. The molecule has 2 saturated carbocycles. The maximum absolute atomic E-state index is 4.81. The summed E-state index contributed by atoms with van der Waals surface area (Å²) >= 11 is -0.106. The van der Waals surface area contributed by atoms with E-state index in [-0.39, 0.29) is 35.4 Å². The number of hydrogen-bond donors (Lipinski definition) is 0. The van der Waals surface area contributed by atoms with E-state index in [4.69, 9.17) is 19.1 Å². The van der Waals surface area contributed by atoms with Gasteiger partial charge in [-0.25, -0.2) is 0 Å². The average Bonchev–Trinajstić information content (AvgIpc) is 3.72. The van der Waals surface area contributed by atoms with Crippen molar-refractivity contribution in [3.63, 3.8) is 0 Å². The van der Waals surface area contributed by atoms with Crippen LogP contribution in [0.1, 0.15) is 0 Å². The van der Waals surface area contributed by atoms with Crippen LogP contribution in [0.15, 0.2) is 121 Å². The summed E-state index contributed by atoms with van der Waals surface area (Å²) in [6.07, 6.45) is 17.4. The monoisotopic (exact) mass is 776 g/mol. The number of benzene rings is 4. The van der Waals surface area contributed by atoms with Crippen molar-refractivity contribution in [1.29, 1.82) is 0 Å². The molecule has 2 aliphatic rings. The topological polar surface area (TPSA) is 0 Å². The van der Waals surface area contributed by atoms with Crippen LogP contribution in [0.2, 0.25) is 0 Å². The molecule has 6 heteroatoms. The molecule has 0 N–H and O–H groups in total. The van der Waals surface area contributed by atoms with Crippen molar-refractivity contribution in [2.45, 2.75) is 0 Å². The van der Waals surface area contributed by atoms with Crippen LogP contribution in [0.25, 0.3) is 0 Å². The molecular weight excluding hydrogens is 749 g/mol. The van der Waals surface area contributed by atoms with Gasteiger partial charge in [-0.1, -0.05) is 121 Å². The molecular formula is C34H28Cl2P2PdRu+2. The molecule has 2 fully saturated rings. The summed E-state index contributed by atoms with van der Waals surface area (Å²) in [5.74, 6) is 0. The van der Waals surface area contributed by atoms with E-state index in [1.165, 1.54) is 32.5 Å². The molecule has 0 amide bonds. The van der Waals surface area contributed by atoms with Crippen molar-refractivity contribution in [3.05, 3.63) is 184 Å². The van der Waals surface area contributed by atoms with Crippen LogP contribution in [0, 0.1) is 62.7 Å². The van der Waals surface area contributed by atoms with E-state index in [0.29, 0.717) is 0 Å². The Morgan fingerprint density at radius 3 is 0.775 bits per heavy atom. The predicted octanol–water partition coefficient (Wildman–Crippen LogP) is 8.34. The third-order valence-corrected chi connectivity index (χ3v) is 10.8. The Balaban J connectivity index is 0.000000197. The predicted molar refractivity (Wildman–Crippen MR) is 171 cm³/mol. The molecule has 0 atom stereocenters. The molecule has 4 aromatic carbocycles. The van der Waals surface area contributed by atoms with E-state index in [2.05, 4.69) is 173 Å². The van der Waals surface area contributed by atoms with Gasteiger partial charge in [0.25, 0.3) is 0 Å². The second-order valence-corrected chi connectivity index (χ2v) is 15.1. The molecule has 2 aliphatic carbocycles. The van der Waals surface area contributed by atoms with Gasteiger partial charge in [0.15, 0.2) is 0 Å². The van der Waals surface area contributed by atoms with Gasteiger partial charge in [0.05, 0.1) is 0 Å². The Hall–Kier alpha value is -0.394. The average molecular weight is 777 g/mol. The smallest absolute Gasteiger partial charge is 2.00 e. The summed E-state index contributed by atoms with van der Waals surface area (Å²) in [6, 6.07) is 43.1. The maximum Gasteiger partial charge on any atom is 2.00 e. The summed E-state index contributed by atoms with van der Waals surface area (Å²) in [7, 11) is 8.81. The minimum atomic E-state index is -0.409. The van der Waals surface area contributed by atoms with Crippen molar-refractivity contribution in [3.8, 4) is 0 Å². The van der Waals surface area contributed by atoms with Crippen LogP contribution in [-0.2, 0) is 35.4 Å². The van der Waals surface area contributed by atoms with Crippen LogP contribution in [0.3, 0.4) is 0 Å². The zero-order valence-electron chi connectivity index (χ0n) is 21.5. The molecule has 0 saturated heterocycles. The van der Waals surface area contributed by atoms with Gasteiger partial charge in [0, 0.05) is 11.3 Å². The van der Waals surface area contributed by atoms with Gasteiger partial charge in [0.2, 0.25) is 0 Å². The van der Waals surface area contributed by atoms with Crippen molar-refractivity contribution in [1.82, 2.24) is 0 Å². The van der Waals surface area contributed by atoms with Gasteiger partial charge in [-0.2, -0.15) is 0 Å². The fourth-order valence-corrected chi connectivity index (χ4v) is 8.84. The molecule has 204 valence electrons. The minimum Gasteiger partial charge on any atom is 2.00 e. The Labute approximate surface area is 273 Å². The third kappa shape index (κ3) is 10.4. The maximum atomic E-state index is 4.81. The van der Waals surface area contributed by atoms with Crippen LogP contribution < -0.4 is 21.2 Å². The van der Waals surface area contributed by atoms with Crippen LogP contribution >= 0.6 is 34.9 Å². The van der Waals surface area contributed by atoms with E-state index in [9.17, 15) is 0 Å². The summed E-state index contributed by atoms with van der Waals surface area (Å²) in [6.45, 7) is 0. The summed E-state index contributed by atoms with van der Waals surface area (Å²) in [4.78, 5) is 0. The normalized spacial score (nSPS) is 15.2. The Morgan fingerprint density at radius 2 is 0.575 bits per heavy atom.